The van der Waals surface area contributed by atoms with Crippen LogP contribution in [0.4, 0.5) is 0 Å². The van der Waals surface area contributed by atoms with Gasteiger partial charge < -0.3 is 29.3 Å². The van der Waals surface area contributed by atoms with Crippen LogP contribution in [-0.4, -0.2) is 63.3 Å². The fraction of sp³-hybridized carbons (Fsp3) is 0.343. The molecule has 0 radical (unpaired) electrons. The average molecular weight is 717 g/mol. The largest absolute Gasteiger partial charge is 0.870 e. The Bertz CT molecular complexity index is 1650. The number of esters is 2. The van der Waals surface area contributed by atoms with E-state index in [4.69, 9.17) is 42.1 Å². The van der Waals surface area contributed by atoms with Crippen LogP contribution in [0.1, 0.15) is 49.8 Å². The molecule has 2 aromatic carbocycles. The summed E-state index contributed by atoms with van der Waals surface area (Å²) in [6, 6.07) is 17.8. The molecule has 1 aliphatic rings. The number of carbonyl (C=O) groups is 2. The van der Waals surface area contributed by atoms with E-state index < -0.39 is 18.1 Å². The zero-order valence-electron chi connectivity index (χ0n) is 26.9. The third-order valence-corrected chi connectivity index (χ3v) is 9.82. The molecule has 1 saturated heterocycles. The quantitative estimate of drug-likeness (QED) is 0.152. The molecule has 4 aromatic rings. The molecule has 2 aromatic heterocycles. The Hall–Kier alpha value is -3.71. The smallest absolute Gasteiger partial charge is 0.348 e. The second-order valence-electron chi connectivity index (χ2n) is 11.4. The van der Waals surface area contributed by atoms with Gasteiger partial charge in [-0.15, -0.1) is 11.3 Å². The minimum absolute atomic E-state index is 0. The standard InChI is InChI=1S/C35H37Cl2N3O6S.H2O/c1-40-14-13-22(20-40)21-45-35(42)33(23-7-5-4-6-8-23)39-17-25-10-12-32(47-25)34(41)46-30(16-26-27(36)18-38-19-28(26)37)24-9-11-29(43-2)31(15-24)44-3;/h4-12,15,18-19,22,30,33,39H,13-14,16-17,20-21H2,1-3H3;1H2/t22-,30-,33?;/m0./s1. The molecule has 0 amide bonds. The first-order valence-electron chi connectivity index (χ1n) is 15.2. The number of hydrogen-bond acceptors (Lipinski definition) is 10. The maximum Gasteiger partial charge on any atom is 0.348 e. The molecule has 1 fully saturated rings. The number of benzene rings is 2. The van der Waals surface area contributed by atoms with Crippen molar-refractivity contribution in [1.29, 1.82) is 0 Å². The van der Waals surface area contributed by atoms with Crippen LogP contribution in [0.5, 0.6) is 11.5 Å². The summed E-state index contributed by atoms with van der Waals surface area (Å²) in [6.07, 6.45) is 3.76. The van der Waals surface area contributed by atoms with Gasteiger partial charge in [0.05, 0.1) is 20.8 Å². The number of likely N-dealkylation sites (tertiary alicyclic amines) is 1. The summed E-state index contributed by atoms with van der Waals surface area (Å²) in [4.78, 5) is 33.2. The lowest BCUT2D eigenvalue weighted by Crippen LogP contribution is -2.31. The van der Waals surface area contributed by atoms with Crippen molar-refractivity contribution < 1.29 is 39.0 Å². The van der Waals surface area contributed by atoms with E-state index in [-0.39, 0.29) is 17.9 Å². The van der Waals surface area contributed by atoms with Crippen LogP contribution in [0.15, 0.2) is 73.1 Å². The Labute approximate surface area is 294 Å². The van der Waals surface area contributed by atoms with Gasteiger partial charge in [-0.25, -0.2) is 14.6 Å². The zero-order valence-corrected chi connectivity index (χ0v) is 29.2. The number of thiophene rings is 1. The molecule has 13 heteroatoms. The van der Waals surface area contributed by atoms with E-state index in [0.717, 1.165) is 30.0 Å². The van der Waals surface area contributed by atoms with Gasteiger partial charge in [-0.1, -0.05) is 59.6 Å². The van der Waals surface area contributed by atoms with Crippen LogP contribution in [0, 0.1) is 5.92 Å². The van der Waals surface area contributed by atoms with Crippen LogP contribution in [0.2, 0.25) is 10.0 Å². The van der Waals surface area contributed by atoms with E-state index in [0.29, 0.717) is 56.6 Å². The van der Waals surface area contributed by atoms with Crippen molar-refractivity contribution in [3.63, 3.8) is 0 Å². The van der Waals surface area contributed by atoms with Crippen LogP contribution in [0.25, 0.3) is 0 Å². The minimum atomic E-state index is -0.736. The second-order valence-corrected chi connectivity index (χ2v) is 13.4. The summed E-state index contributed by atoms with van der Waals surface area (Å²) < 4.78 is 22.7. The number of aromatic amines is 1. The highest BCUT2D eigenvalue weighted by molar-refractivity contribution is 7.13. The SMILES string of the molecule is COc1ccc([C@H](Cc2c(Cl)c[nH+]cc2Cl)OC(=O)c2ccc(CNC(C(=O)OC[C@H]3CCN(C)C3)c3ccccc3)s2)cc1OC.[OH-]. The Morgan fingerprint density at radius 1 is 1.00 bits per heavy atom. The van der Waals surface area contributed by atoms with Crippen molar-refractivity contribution in [3.8, 4) is 11.5 Å². The van der Waals surface area contributed by atoms with E-state index in [1.165, 1.54) is 11.3 Å². The predicted molar refractivity (Wildman–Crippen MR) is 183 cm³/mol. The molecule has 5 rings (SSSR count). The third-order valence-electron chi connectivity index (χ3n) is 8.08. The van der Waals surface area contributed by atoms with Crippen molar-refractivity contribution in [2.75, 3.05) is 41.0 Å². The maximum atomic E-state index is 13.5. The molecule has 0 aliphatic carbocycles. The van der Waals surface area contributed by atoms with Gasteiger partial charge in [-0.3, -0.25) is 5.32 Å². The Morgan fingerprint density at radius 3 is 2.40 bits per heavy atom. The lowest BCUT2D eigenvalue weighted by molar-refractivity contribution is -0.377. The van der Waals surface area contributed by atoms with Gasteiger partial charge in [0.1, 0.15) is 27.1 Å². The van der Waals surface area contributed by atoms with Crippen molar-refractivity contribution >= 4 is 46.5 Å². The molecule has 1 unspecified atom stereocenters. The first-order chi connectivity index (χ1) is 22.7. The molecule has 3 atom stereocenters. The van der Waals surface area contributed by atoms with E-state index in [1.54, 1.807) is 44.8 Å². The van der Waals surface area contributed by atoms with Gasteiger partial charge in [0.2, 0.25) is 0 Å². The number of pyridine rings is 1. The molecule has 256 valence electrons. The fourth-order valence-corrected chi connectivity index (χ4v) is 6.91. The molecule has 10 nitrogen and oxygen atoms in total. The van der Waals surface area contributed by atoms with E-state index in [2.05, 4.69) is 22.2 Å². The summed E-state index contributed by atoms with van der Waals surface area (Å²) >= 11 is 14.2. The minimum Gasteiger partial charge on any atom is -0.870 e. The van der Waals surface area contributed by atoms with Gasteiger partial charge in [-0.05, 0) is 55.4 Å². The molecule has 1 aliphatic heterocycles. The number of nitrogens with zero attached hydrogens (tertiary/aromatic N) is 1. The zero-order chi connectivity index (χ0) is 33.3. The average Bonchev–Trinajstić information content (AvgIpc) is 3.74. The number of rotatable bonds is 14. The number of methoxy groups -OCH3 is 2. The van der Waals surface area contributed by atoms with Crippen molar-refractivity contribution in [1.82, 2.24) is 10.2 Å². The number of halogens is 2. The second kappa shape index (κ2) is 17.6. The number of hydrogen-bond donors (Lipinski definition) is 1. The lowest BCUT2D eigenvalue weighted by atomic mass is 10.0. The maximum absolute atomic E-state index is 13.5. The van der Waals surface area contributed by atoms with Crippen molar-refractivity contribution in [2.24, 2.45) is 5.92 Å². The summed E-state index contributed by atoms with van der Waals surface area (Å²) in [5, 5.41) is 4.18. The van der Waals surface area contributed by atoms with Gasteiger partial charge in [0.25, 0.3) is 0 Å². The Balaban J connectivity index is 0.00000520. The Kier molecular flexibility index (Phi) is 13.6. The summed E-state index contributed by atoms with van der Waals surface area (Å²) in [5.41, 5.74) is 2.13. The highest BCUT2D eigenvalue weighted by Crippen LogP contribution is 2.36. The van der Waals surface area contributed by atoms with Crippen molar-refractivity contribution in [2.45, 2.75) is 31.5 Å². The monoisotopic (exact) mass is 715 g/mol. The molecular weight excluding hydrogens is 677 g/mol. The highest BCUT2D eigenvalue weighted by atomic mass is 35.5. The van der Waals surface area contributed by atoms with Gasteiger partial charge in [0, 0.05) is 35.9 Å². The summed E-state index contributed by atoms with van der Waals surface area (Å²) in [7, 11) is 5.17. The van der Waals surface area contributed by atoms with E-state index in [1.807, 2.05) is 42.5 Å². The molecule has 3 N–H and O–H groups in total. The van der Waals surface area contributed by atoms with Crippen molar-refractivity contribution in [3.05, 3.63) is 110 Å². The number of aromatic nitrogens is 1. The topological polar surface area (TPSA) is 130 Å². The molecular formula is C35H39Cl2N3O7S. The lowest BCUT2D eigenvalue weighted by Gasteiger charge is -2.20. The van der Waals surface area contributed by atoms with Gasteiger partial charge in [0.15, 0.2) is 23.9 Å². The van der Waals surface area contributed by atoms with E-state index in [9.17, 15) is 9.59 Å². The predicted octanol–water partition coefficient (Wildman–Crippen LogP) is 6.18. The van der Waals surface area contributed by atoms with Crippen LogP contribution >= 0.6 is 34.5 Å². The molecule has 0 bridgehead atoms. The molecule has 3 heterocycles. The summed E-state index contributed by atoms with van der Waals surface area (Å²) in [5.74, 6) is 0.551. The van der Waals surface area contributed by atoms with Crippen LogP contribution < -0.4 is 19.8 Å². The molecule has 0 spiro atoms. The van der Waals surface area contributed by atoms with Crippen LogP contribution in [-0.2, 0) is 27.2 Å². The normalized spacial score (nSPS) is 15.6. The highest BCUT2D eigenvalue weighted by Gasteiger charge is 2.27. The Morgan fingerprint density at radius 2 is 1.73 bits per heavy atom. The first kappa shape index (κ1) is 37.1. The fourth-order valence-electron chi connectivity index (χ4n) is 5.54. The summed E-state index contributed by atoms with van der Waals surface area (Å²) in [6.45, 7) is 2.67. The number of ether oxygens (including phenoxy) is 4. The number of carbonyl (C=O) groups excluding carboxylic acids is 2. The van der Waals surface area contributed by atoms with E-state index >= 15 is 0 Å². The molecule has 48 heavy (non-hydrogen) atoms. The third kappa shape index (κ3) is 9.46. The number of H-pyrrole nitrogens is 1. The van der Waals surface area contributed by atoms with Crippen LogP contribution in [0.3, 0.4) is 0 Å². The van der Waals surface area contributed by atoms with Gasteiger partial charge in [-0.2, -0.15) is 0 Å². The van der Waals surface area contributed by atoms with Gasteiger partial charge >= 0.3 is 11.9 Å². The number of nitrogens with one attached hydrogen (secondary N) is 2. The molecule has 0 saturated carbocycles. The first-order valence-corrected chi connectivity index (χ1v) is 16.8.